The highest BCUT2D eigenvalue weighted by Gasteiger charge is 2.47. The number of halogens is 1. The number of aliphatic hydroxyl groups is 1. The minimum atomic E-state index is -0.857. The Hall–Kier alpha value is -3.77. The zero-order chi connectivity index (χ0) is 24.9. The molecule has 6 nitrogen and oxygen atoms in total. The number of hydrogen-bond donors (Lipinski definition) is 1. The molecule has 0 aliphatic carbocycles. The predicted molar refractivity (Wildman–Crippen MR) is 136 cm³/mol. The van der Waals surface area contributed by atoms with E-state index in [0.717, 1.165) is 6.42 Å². The molecule has 0 aromatic heterocycles. The van der Waals surface area contributed by atoms with Gasteiger partial charge >= 0.3 is 0 Å². The molecule has 35 heavy (non-hydrogen) atoms. The smallest absolute Gasteiger partial charge is 0.300 e. The van der Waals surface area contributed by atoms with Gasteiger partial charge in [0.05, 0.1) is 24.8 Å². The van der Waals surface area contributed by atoms with Crippen molar-refractivity contribution in [2.45, 2.75) is 26.3 Å². The van der Waals surface area contributed by atoms with Gasteiger partial charge < -0.3 is 14.6 Å². The van der Waals surface area contributed by atoms with E-state index in [1.54, 1.807) is 72.8 Å². The largest absolute Gasteiger partial charge is 0.507 e. The quantitative estimate of drug-likeness (QED) is 0.232. The molecule has 1 saturated heterocycles. The fourth-order valence-corrected chi connectivity index (χ4v) is 4.18. The topological polar surface area (TPSA) is 76.1 Å². The number of ether oxygens (including phenoxy) is 2. The Morgan fingerprint density at radius 3 is 2.31 bits per heavy atom. The lowest BCUT2D eigenvalue weighted by Crippen LogP contribution is -2.29. The molecule has 1 fully saturated rings. The first-order chi connectivity index (χ1) is 16.9. The maximum absolute atomic E-state index is 13.3. The third kappa shape index (κ3) is 5.03. The summed E-state index contributed by atoms with van der Waals surface area (Å²) in [5, 5.41) is 11.8. The van der Waals surface area contributed by atoms with E-state index in [1.807, 2.05) is 13.8 Å². The van der Waals surface area contributed by atoms with Gasteiger partial charge in [-0.25, -0.2) is 0 Å². The molecular weight excluding hydrogens is 466 g/mol. The molecule has 1 N–H and O–H groups in total. The molecule has 1 unspecified atom stereocenters. The number of amides is 1. The predicted octanol–water partition coefficient (Wildman–Crippen LogP) is 6.15. The lowest BCUT2D eigenvalue weighted by molar-refractivity contribution is -0.132. The lowest BCUT2D eigenvalue weighted by atomic mass is 9.95. The molecule has 3 aromatic rings. The first-order valence-corrected chi connectivity index (χ1v) is 11.8. The highest BCUT2D eigenvalue weighted by molar-refractivity contribution is 6.51. The van der Waals surface area contributed by atoms with Crippen molar-refractivity contribution < 1.29 is 24.2 Å². The van der Waals surface area contributed by atoms with Crippen molar-refractivity contribution in [1.29, 1.82) is 0 Å². The number of anilines is 1. The molecule has 1 heterocycles. The second-order valence-corrected chi connectivity index (χ2v) is 8.46. The van der Waals surface area contributed by atoms with E-state index in [-0.39, 0.29) is 11.3 Å². The van der Waals surface area contributed by atoms with Crippen LogP contribution in [0.15, 0.2) is 78.4 Å². The van der Waals surface area contributed by atoms with Crippen molar-refractivity contribution in [1.82, 2.24) is 0 Å². The molecule has 0 spiro atoms. The third-order valence-electron chi connectivity index (χ3n) is 5.62. The second-order valence-electron chi connectivity index (χ2n) is 8.03. The maximum atomic E-state index is 13.3. The Morgan fingerprint density at radius 2 is 1.63 bits per heavy atom. The van der Waals surface area contributed by atoms with Crippen molar-refractivity contribution in [2.75, 3.05) is 18.1 Å². The summed E-state index contributed by atoms with van der Waals surface area (Å²) in [6, 6.07) is 19.8. The van der Waals surface area contributed by atoms with Crippen molar-refractivity contribution in [3.05, 3.63) is 94.5 Å². The number of Topliss-reactive ketones (excluding diaryl/α,β-unsaturated/α-hetero) is 1. The standard InChI is InChI=1S/C28H26ClNO5/c1-3-15-35-22-9-5-7-19(16-22)26(31)24-25(18-11-13-20(29)14-12-18)30(28(33)27(24)32)21-8-6-10-23(17-21)34-4-2/h5-14,16-17,25,31H,3-4,15H2,1-2H3/b26-24+. The van der Waals surface area contributed by atoms with Crippen molar-refractivity contribution in [3.63, 3.8) is 0 Å². The van der Waals surface area contributed by atoms with E-state index >= 15 is 0 Å². The molecule has 1 aliphatic rings. The van der Waals surface area contributed by atoms with Gasteiger partial charge in [0.15, 0.2) is 0 Å². The summed E-state index contributed by atoms with van der Waals surface area (Å²) >= 11 is 6.10. The van der Waals surface area contributed by atoms with Crippen LogP contribution in [0.25, 0.3) is 5.76 Å². The van der Waals surface area contributed by atoms with E-state index in [2.05, 4.69) is 0 Å². The van der Waals surface area contributed by atoms with E-state index in [1.165, 1.54) is 4.90 Å². The van der Waals surface area contributed by atoms with Gasteiger partial charge in [0, 0.05) is 22.3 Å². The second kappa shape index (κ2) is 10.7. The number of ketones is 1. The van der Waals surface area contributed by atoms with Gasteiger partial charge in [-0.1, -0.05) is 48.9 Å². The van der Waals surface area contributed by atoms with Gasteiger partial charge in [0.25, 0.3) is 11.7 Å². The highest BCUT2D eigenvalue weighted by atomic mass is 35.5. The molecule has 4 rings (SSSR count). The lowest BCUT2D eigenvalue weighted by Gasteiger charge is -2.26. The van der Waals surface area contributed by atoms with Gasteiger partial charge in [0.1, 0.15) is 17.3 Å². The number of hydrogen-bond acceptors (Lipinski definition) is 5. The van der Waals surface area contributed by atoms with Crippen LogP contribution in [0, 0.1) is 0 Å². The van der Waals surface area contributed by atoms with E-state index in [0.29, 0.717) is 46.5 Å². The number of rotatable bonds is 8. The first kappa shape index (κ1) is 24.4. The van der Waals surface area contributed by atoms with Crippen LogP contribution in [-0.4, -0.2) is 30.0 Å². The third-order valence-corrected chi connectivity index (χ3v) is 5.87. The summed E-state index contributed by atoms with van der Waals surface area (Å²) in [7, 11) is 0. The highest BCUT2D eigenvalue weighted by Crippen LogP contribution is 2.43. The maximum Gasteiger partial charge on any atom is 0.300 e. The SMILES string of the molecule is CCCOc1cccc(/C(O)=C2\C(=O)C(=O)N(c3cccc(OCC)c3)C2c2ccc(Cl)cc2)c1. The normalized spacial score (nSPS) is 17.0. The van der Waals surface area contributed by atoms with Crippen LogP contribution >= 0.6 is 11.6 Å². The van der Waals surface area contributed by atoms with Gasteiger partial charge in [-0.15, -0.1) is 0 Å². The molecular formula is C28H26ClNO5. The Balaban J connectivity index is 1.87. The van der Waals surface area contributed by atoms with E-state index in [4.69, 9.17) is 21.1 Å². The van der Waals surface area contributed by atoms with Crippen LogP contribution in [-0.2, 0) is 9.59 Å². The first-order valence-electron chi connectivity index (χ1n) is 11.5. The fourth-order valence-electron chi connectivity index (χ4n) is 4.06. The van der Waals surface area contributed by atoms with Crippen molar-refractivity contribution >= 4 is 34.7 Å². The molecule has 3 aromatic carbocycles. The summed E-state index contributed by atoms with van der Waals surface area (Å²) < 4.78 is 11.3. The Bertz CT molecular complexity index is 1270. The number of carbonyl (C=O) groups is 2. The van der Waals surface area contributed by atoms with E-state index < -0.39 is 17.7 Å². The number of nitrogens with zero attached hydrogens (tertiary/aromatic N) is 1. The Labute approximate surface area is 209 Å². The Morgan fingerprint density at radius 1 is 0.943 bits per heavy atom. The minimum absolute atomic E-state index is 0.00761. The molecule has 7 heteroatoms. The van der Waals surface area contributed by atoms with Crippen LogP contribution in [0.3, 0.4) is 0 Å². The molecule has 0 radical (unpaired) electrons. The van der Waals surface area contributed by atoms with Gasteiger partial charge in [-0.3, -0.25) is 14.5 Å². The van der Waals surface area contributed by atoms with Crippen molar-refractivity contribution in [2.24, 2.45) is 0 Å². The molecule has 0 bridgehead atoms. The van der Waals surface area contributed by atoms with Crippen LogP contribution in [0.2, 0.25) is 5.02 Å². The molecule has 180 valence electrons. The van der Waals surface area contributed by atoms with Crippen LogP contribution in [0.4, 0.5) is 5.69 Å². The minimum Gasteiger partial charge on any atom is -0.507 e. The van der Waals surface area contributed by atoms with Crippen molar-refractivity contribution in [3.8, 4) is 11.5 Å². The fraction of sp³-hybridized carbons (Fsp3) is 0.214. The van der Waals surface area contributed by atoms with Crippen LogP contribution < -0.4 is 14.4 Å². The summed E-state index contributed by atoms with van der Waals surface area (Å²) in [5.74, 6) is -0.642. The molecule has 0 saturated carbocycles. The summed E-state index contributed by atoms with van der Waals surface area (Å²) in [4.78, 5) is 28.0. The summed E-state index contributed by atoms with van der Waals surface area (Å²) in [6.07, 6.45) is 0.832. The van der Waals surface area contributed by atoms with E-state index in [9.17, 15) is 14.7 Å². The zero-order valence-corrected chi connectivity index (χ0v) is 20.3. The zero-order valence-electron chi connectivity index (χ0n) is 19.5. The summed E-state index contributed by atoms with van der Waals surface area (Å²) in [5.41, 5.74) is 1.50. The number of carbonyl (C=O) groups excluding carboxylic acids is 2. The average molecular weight is 492 g/mol. The summed E-state index contributed by atoms with van der Waals surface area (Å²) in [6.45, 7) is 4.85. The molecule has 1 amide bonds. The van der Waals surface area contributed by atoms with Gasteiger partial charge in [0.2, 0.25) is 0 Å². The van der Waals surface area contributed by atoms with Crippen LogP contribution in [0.5, 0.6) is 11.5 Å². The Kier molecular flexibility index (Phi) is 7.42. The number of aliphatic hydroxyl groups excluding tert-OH is 1. The molecule has 1 aliphatic heterocycles. The molecule has 1 atom stereocenters. The van der Waals surface area contributed by atoms with Gasteiger partial charge in [-0.2, -0.15) is 0 Å². The monoisotopic (exact) mass is 491 g/mol. The van der Waals surface area contributed by atoms with Gasteiger partial charge in [-0.05, 0) is 55.3 Å². The van der Waals surface area contributed by atoms with Crippen LogP contribution in [0.1, 0.15) is 37.4 Å². The number of benzene rings is 3. The average Bonchev–Trinajstić information content (AvgIpc) is 3.13.